The number of hydrogen-bond acceptors (Lipinski definition) is 9. The Morgan fingerprint density at radius 1 is 0.915 bits per heavy atom. The lowest BCUT2D eigenvalue weighted by Crippen LogP contribution is -2.55. The van der Waals surface area contributed by atoms with Crippen molar-refractivity contribution < 1.29 is 23.5 Å². The highest BCUT2D eigenvalue weighted by Gasteiger charge is 2.32. The topological polar surface area (TPSA) is 114 Å². The molecule has 0 unspecified atom stereocenters. The number of benzene rings is 2. The number of fused-ring (bicyclic) bond motifs is 2. The molecule has 47 heavy (non-hydrogen) atoms. The highest BCUT2D eigenvalue weighted by atomic mass is 19.1. The number of likely N-dealkylation sites (tertiary alicyclic amines) is 1. The number of nitrogens with zero attached hydrogens (tertiary/aromatic N) is 7. The maximum atomic E-state index is 15.3. The lowest BCUT2D eigenvalue weighted by molar-refractivity contribution is 0.00576. The van der Waals surface area contributed by atoms with E-state index in [2.05, 4.69) is 20.2 Å². The summed E-state index contributed by atoms with van der Waals surface area (Å²) in [7, 11) is 3.48. The van der Waals surface area contributed by atoms with E-state index in [0.29, 0.717) is 55.0 Å². The van der Waals surface area contributed by atoms with Gasteiger partial charge in [-0.25, -0.2) is 14.2 Å². The van der Waals surface area contributed by atoms with Crippen molar-refractivity contribution in [2.45, 2.75) is 45.3 Å². The first-order valence-electron chi connectivity index (χ1n) is 16.0. The monoisotopic (exact) mass is 644 g/mol. The molecule has 0 atom stereocenters. The predicted octanol–water partition coefficient (Wildman–Crippen LogP) is 4.87. The summed E-state index contributed by atoms with van der Waals surface area (Å²) in [5, 5.41) is 2.93. The molecule has 248 valence electrons. The molecule has 3 aliphatic heterocycles. The van der Waals surface area contributed by atoms with Crippen molar-refractivity contribution in [3.63, 3.8) is 0 Å². The summed E-state index contributed by atoms with van der Waals surface area (Å²) in [5.41, 5.74) is 1.65. The van der Waals surface area contributed by atoms with E-state index >= 15 is 4.39 Å². The summed E-state index contributed by atoms with van der Waals surface area (Å²) in [6.07, 6.45) is 2.89. The number of para-hydroxylation sites is 1. The molecule has 0 saturated carbocycles. The average Bonchev–Trinajstić information content (AvgIpc) is 3.14. The number of anilines is 5. The second-order valence-corrected chi connectivity index (χ2v) is 13.2. The molecule has 4 heterocycles. The van der Waals surface area contributed by atoms with Crippen LogP contribution in [0.15, 0.2) is 48.7 Å². The van der Waals surface area contributed by atoms with Crippen LogP contribution >= 0.6 is 0 Å². The van der Waals surface area contributed by atoms with Crippen molar-refractivity contribution in [2.24, 2.45) is 0 Å². The number of rotatable bonds is 4. The van der Waals surface area contributed by atoms with Gasteiger partial charge in [-0.05, 0) is 63.9 Å². The zero-order chi connectivity index (χ0) is 33.5. The smallest absolute Gasteiger partial charge is 0.410 e. The molecule has 1 aromatic heterocycles. The third-order valence-electron chi connectivity index (χ3n) is 8.93. The molecule has 3 amide bonds. The van der Waals surface area contributed by atoms with Crippen molar-refractivity contribution in [3.8, 4) is 0 Å². The molecule has 6 rings (SSSR count). The average molecular weight is 645 g/mol. The fourth-order valence-corrected chi connectivity index (χ4v) is 6.34. The van der Waals surface area contributed by atoms with Crippen LogP contribution in [-0.4, -0.2) is 108 Å². The molecule has 1 N–H and O–H groups in total. The van der Waals surface area contributed by atoms with Gasteiger partial charge in [0.2, 0.25) is 5.95 Å². The van der Waals surface area contributed by atoms with Gasteiger partial charge in [0.1, 0.15) is 17.1 Å². The highest BCUT2D eigenvalue weighted by molar-refractivity contribution is 6.13. The van der Waals surface area contributed by atoms with E-state index < -0.39 is 11.4 Å². The van der Waals surface area contributed by atoms with E-state index in [4.69, 9.17) is 4.74 Å². The number of carbonyl (C=O) groups excluding carboxylic acids is 3. The van der Waals surface area contributed by atoms with Crippen molar-refractivity contribution in [1.82, 2.24) is 24.7 Å². The Morgan fingerprint density at radius 2 is 1.62 bits per heavy atom. The Kier molecular flexibility index (Phi) is 8.75. The summed E-state index contributed by atoms with van der Waals surface area (Å²) in [4.78, 5) is 57.0. The molecule has 2 saturated heterocycles. The molecule has 12 nitrogen and oxygen atoms in total. The van der Waals surface area contributed by atoms with Crippen LogP contribution in [0.25, 0.3) is 0 Å². The van der Waals surface area contributed by atoms with Crippen LogP contribution in [0.3, 0.4) is 0 Å². The SMILES string of the molecule is CN1C(=O)c2ccccc2N(C)c2nc(Nc3ccc(C(=O)N4CCC(N5CCN(C(=O)OC(C)(C)C)CC5)CC4)cc3F)ncc21. The number of halogens is 1. The number of aromatic nitrogens is 2. The van der Waals surface area contributed by atoms with Crippen LogP contribution in [0.2, 0.25) is 0 Å². The Morgan fingerprint density at radius 3 is 2.30 bits per heavy atom. The van der Waals surface area contributed by atoms with E-state index in [-0.39, 0.29) is 35.1 Å². The second-order valence-electron chi connectivity index (χ2n) is 13.2. The van der Waals surface area contributed by atoms with Gasteiger partial charge in [0, 0.05) is 65.0 Å². The Labute approximate surface area is 274 Å². The van der Waals surface area contributed by atoms with Crippen LogP contribution in [-0.2, 0) is 4.74 Å². The van der Waals surface area contributed by atoms with Gasteiger partial charge in [-0.3, -0.25) is 14.5 Å². The van der Waals surface area contributed by atoms with Gasteiger partial charge in [-0.1, -0.05) is 12.1 Å². The molecule has 2 aromatic carbocycles. The number of piperidine rings is 1. The van der Waals surface area contributed by atoms with E-state index in [9.17, 15) is 14.4 Å². The Bertz CT molecular complexity index is 1680. The largest absolute Gasteiger partial charge is 0.444 e. The fourth-order valence-electron chi connectivity index (χ4n) is 6.34. The van der Waals surface area contributed by atoms with Gasteiger partial charge in [0.15, 0.2) is 5.82 Å². The van der Waals surface area contributed by atoms with E-state index in [1.807, 2.05) is 50.9 Å². The van der Waals surface area contributed by atoms with Crippen LogP contribution in [0.1, 0.15) is 54.3 Å². The number of nitrogens with one attached hydrogen (secondary N) is 1. The van der Waals surface area contributed by atoms with Gasteiger partial charge >= 0.3 is 6.09 Å². The molecular formula is C34H41FN8O4. The maximum absolute atomic E-state index is 15.3. The van der Waals surface area contributed by atoms with E-state index in [1.165, 1.54) is 23.2 Å². The first-order chi connectivity index (χ1) is 22.4. The lowest BCUT2D eigenvalue weighted by Gasteiger charge is -2.42. The summed E-state index contributed by atoms with van der Waals surface area (Å²) < 4.78 is 20.8. The van der Waals surface area contributed by atoms with Crippen LogP contribution < -0.4 is 15.1 Å². The number of piperazine rings is 1. The molecule has 0 radical (unpaired) electrons. The highest BCUT2D eigenvalue weighted by Crippen LogP contribution is 2.38. The first kappa shape index (κ1) is 32.2. The van der Waals surface area contributed by atoms with Gasteiger partial charge in [0.25, 0.3) is 11.8 Å². The minimum Gasteiger partial charge on any atom is -0.444 e. The normalized spacial score (nSPS) is 17.6. The summed E-state index contributed by atoms with van der Waals surface area (Å²) >= 11 is 0. The first-order valence-corrected chi connectivity index (χ1v) is 16.0. The molecule has 0 spiro atoms. The molecule has 0 bridgehead atoms. The zero-order valence-electron chi connectivity index (χ0n) is 27.5. The number of hydrogen-bond donors (Lipinski definition) is 1. The minimum atomic E-state index is -0.599. The molecular weight excluding hydrogens is 603 g/mol. The number of carbonyl (C=O) groups is 3. The van der Waals surface area contributed by atoms with Crippen molar-refractivity contribution in [1.29, 1.82) is 0 Å². The van der Waals surface area contributed by atoms with Crippen LogP contribution in [0, 0.1) is 5.82 Å². The van der Waals surface area contributed by atoms with Gasteiger partial charge in [0.05, 0.1) is 23.1 Å². The van der Waals surface area contributed by atoms with E-state index in [1.54, 1.807) is 29.0 Å². The lowest BCUT2D eigenvalue weighted by atomic mass is 10.0. The molecule has 0 aliphatic carbocycles. The van der Waals surface area contributed by atoms with Gasteiger partial charge in [-0.2, -0.15) is 4.98 Å². The maximum Gasteiger partial charge on any atom is 0.410 e. The molecule has 13 heteroatoms. The van der Waals surface area contributed by atoms with Gasteiger partial charge < -0.3 is 29.7 Å². The molecule has 3 aromatic rings. The third-order valence-corrected chi connectivity index (χ3v) is 8.93. The van der Waals surface area contributed by atoms with Gasteiger partial charge in [-0.15, -0.1) is 0 Å². The van der Waals surface area contributed by atoms with Crippen molar-refractivity contribution >= 4 is 46.7 Å². The fraction of sp³-hybridized carbons (Fsp3) is 0.441. The number of ether oxygens (including phenoxy) is 1. The number of amides is 3. The van der Waals surface area contributed by atoms with E-state index in [0.717, 1.165) is 25.9 Å². The predicted molar refractivity (Wildman–Crippen MR) is 177 cm³/mol. The van der Waals surface area contributed by atoms with Crippen LogP contribution in [0.5, 0.6) is 0 Å². The second kappa shape index (κ2) is 12.8. The van der Waals surface area contributed by atoms with Crippen molar-refractivity contribution in [3.05, 3.63) is 65.6 Å². The summed E-state index contributed by atoms with van der Waals surface area (Å²) in [5.74, 6) is -0.341. The third kappa shape index (κ3) is 6.71. The Balaban J connectivity index is 1.06. The summed E-state index contributed by atoms with van der Waals surface area (Å²) in [6, 6.07) is 12.0. The Hall–Kier alpha value is -4.78. The standard InChI is InChI=1S/C34H41FN8O4/c1-34(2,3)47-33(46)43-18-16-41(17-19-43)23-12-14-42(15-13-23)30(44)22-10-11-26(25(35)20-22)37-32-36-21-28-29(38-32)39(4)27-9-7-6-8-24(27)31(45)40(28)5/h6-11,20-21,23H,12-19H2,1-5H3,(H,36,37,38). The summed E-state index contributed by atoms with van der Waals surface area (Å²) in [6.45, 7) is 9.52. The molecule has 2 fully saturated rings. The van der Waals surface area contributed by atoms with Crippen LogP contribution in [0.4, 0.5) is 38.0 Å². The quantitative estimate of drug-likeness (QED) is 0.425. The zero-order valence-corrected chi connectivity index (χ0v) is 27.5. The molecule has 3 aliphatic rings. The minimum absolute atomic E-state index is 0.131. The van der Waals surface area contributed by atoms with Crippen molar-refractivity contribution in [2.75, 3.05) is 68.5 Å².